The van der Waals surface area contributed by atoms with E-state index in [1.54, 1.807) is 28.8 Å². The highest BCUT2D eigenvalue weighted by Crippen LogP contribution is 2.26. The number of H-pyrrole nitrogens is 1. The Morgan fingerprint density at radius 2 is 2.29 bits per heavy atom. The number of aromatic amines is 1. The topological polar surface area (TPSA) is 61.9 Å². The van der Waals surface area contributed by atoms with Gasteiger partial charge in [-0.05, 0) is 31.5 Å². The van der Waals surface area contributed by atoms with Gasteiger partial charge in [0, 0.05) is 31.0 Å². The minimum Gasteiger partial charge on any atom is -0.348 e. The molecule has 0 saturated heterocycles. The zero-order chi connectivity index (χ0) is 14.8. The van der Waals surface area contributed by atoms with Gasteiger partial charge < -0.3 is 9.88 Å². The number of anilines is 1. The first kappa shape index (κ1) is 13.8. The molecule has 0 fully saturated rings. The second kappa shape index (κ2) is 5.65. The summed E-state index contributed by atoms with van der Waals surface area (Å²) in [7, 11) is 1.81. The zero-order valence-corrected chi connectivity index (χ0v) is 12.8. The molecule has 0 aliphatic carbocycles. The number of nitrogens with zero attached hydrogens (tertiary/aromatic N) is 3. The van der Waals surface area contributed by atoms with E-state index in [2.05, 4.69) is 15.0 Å². The maximum atomic E-state index is 12.3. The molecule has 1 N–H and O–H groups in total. The number of hydrogen-bond donors (Lipinski definition) is 1. The molecule has 0 aliphatic rings. The average molecular weight is 300 g/mol. The van der Waals surface area contributed by atoms with E-state index in [1.807, 2.05) is 32.2 Å². The third-order valence-electron chi connectivity index (χ3n) is 3.40. The summed E-state index contributed by atoms with van der Waals surface area (Å²) < 4.78 is 1.11. The molecule has 0 atom stereocenters. The summed E-state index contributed by atoms with van der Waals surface area (Å²) in [5.41, 5.74) is 2.87. The summed E-state index contributed by atoms with van der Waals surface area (Å²) in [5, 5.41) is 1.04. The maximum Gasteiger partial charge on any atom is 0.227 e. The predicted molar refractivity (Wildman–Crippen MR) is 84.7 cm³/mol. The number of rotatable bonds is 4. The smallest absolute Gasteiger partial charge is 0.227 e. The van der Waals surface area contributed by atoms with Crippen LogP contribution in [0.15, 0.2) is 30.7 Å². The fourth-order valence-electron chi connectivity index (χ4n) is 2.21. The van der Waals surface area contributed by atoms with Crippen LogP contribution in [0.25, 0.3) is 10.2 Å². The summed E-state index contributed by atoms with van der Waals surface area (Å²) in [5.74, 6) is 0.0881. The predicted octanol–water partition coefficient (Wildman–Crippen LogP) is 2.92. The Morgan fingerprint density at radius 1 is 1.43 bits per heavy atom. The second-order valence-corrected chi connectivity index (χ2v) is 6.15. The molecule has 0 radical (unpaired) electrons. The van der Waals surface area contributed by atoms with Gasteiger partial charge in [-0.2, -0.15) is 0 Å². The van der Waals surface area contributed by atoms with Crippen molar-refractivity contribution in [2.45, 2.75) is 19.8 Å². The standard InChI is InChI=1S/C15H16N4OS/c1-10-18-13-5-4-12(7-14(13)21-10)19(2)15(20)6-3-11-8-16-9-17-11/h4-5,7-9H,3,6H2,1-2H3,(H,16,17). The van der Waals surface area contributed by atoms with Crippen molar-refractivity contribution in [2.24, 2.45) is 0 Å². The van der Waals surface area contributed by atoms with Crippen molar-refractivity contribution in [2.75, 3.05) is 11.9 Å². The maximum absolute atomic E-state index is 12.3. The van der Waals surface area contributed by atoms with Gasteiger partial charge in [-0.1, -0.05) is 0 Å². The lowest BCUT2D eigenvalue weighted by Gasteiger charge is -2.17. The van der Waals surface area contributed by atoms with Crippen LogP contribution in [0.3, 0.4) is 0 Å². The lowest BCUT2D eigenvalue weighted by Crippen LogP contribution is -2.26. The van der Waals surface area contributed by atoms with Crippen molar-refractivity contribution in [1.29, 1.82) is 0 Å². The van der Waals surface area contributed by atoms with E-state index in [9.17, 15) is 4.79 Å². The van der Waals surface area contributed by atoms with Crippen LogP contribution in [0, 0.1) is 6.92 Å². The lowest BCUT2D eigenvalue weighted by atomic mass is 10.2. The Labute approximate surface area is 126 Å². The van der Waals surface area contributed by atoms with Gasteiger partial charge in [0.05, 0.1) is 21.6 Å². The molecule has 3 rings (SSSR count). The Balaban J connectivity index is 1.72. The molecule has 3 aromatic rings. The van der Waals surface area contributed by atoms with Crippen LogP contribution in [-0.2, 0) is 11.2 Å². The van der Waals surface area contributed by atoms with E-state index < -0.39 is 0 Å². The SMILES string of the molecule is Cc1nc2ccc(N(C)C(=O)CCc3cnc[nH]3)cc2s1. The molecular formula is C15H16N4OS. The Morgan fingerprint density at radius 3 is 3.05 bits per heavy atom. The summed E-state index contributed by atoms with van der Waals surface area (Å²) in [6, 6.07) is 5.93. The van der Waals surface area contributed by atoms with Crippen molar-refractivity contribution >= 4 is 33.1 Å². The van der Waals surface area contributed by atoms with E-state index in [1.165, 1.54) is 0 Å². The summed E-state index contributed by atoms with van der Waals surface area (Å²) in [6.07, 6.45) is 4.51. The molecule has 0 saturated carbocycles. The molecule has 108 valence electrons. The van der Waals surface area contributed by atoms with Gasteiger partial charge in [0.1, 0.15) is 0 Å². The molecule has 0 aliphatic heterocycles. The van der Waals surface area contributed by atoms with Crippen molar-refractivity contribution in [1.82, 2.24) is 15.0 Å². The van der Waals surface area contributed by atoms with Gasteiger partial charge in [-0.15, -0.1) is 11.3 Å². The van der Waals surface area contributed by atoms with Gasteiger partial charge in [0.2, 0.25) is 5.91 Å². The van der Waals surface area contributed by atoms with Gasteiger partial charge in [-0.25, -0.2) is 9.97 Å². The average Bonchev–Trinajstić information content (AvgIpc) is 3.10. The van der Waals surface area contributed by atoms with Crippen LogP contribution in [0.2, 0.25) is 0 Å². The lowest BCUT2D eigenvalue weighted by molar-refractivity contribution is -0.118. The number of benzene rings is 1. The minimum atomic E-state index is 0.0881. The van der Waals surface area contributed by atoms with Crippen molar-refractivity contribution in [3.63, 3.8) is 0 Å². The zero-order valence-electron chi connectivity index (χ0n) is 12.0. The third kappa shape index (κ3) is 2.95. The first-order chi connectivity index (χ1) is 10.1. The molecule has 21 heavy (non-hydrogen) atoms. The first-order valence-corrected chi connectivity index (χ1v) is 7.56. The molecule has 2 aromatic heterocycles. The van der Waals surface area contributed by atoms with E-state index in [4.69, 9.17) is 0 Å². The molecule has 0 bridgehead atoms. The van der Waals surface area contributed by atoms with E-state index in [0.717, 1.165) is 26.6 Å². The number of imidazole rings is 1. The number of aromatic nitrogens is 3. The number of carbonyl (C=O) groups is 1. The fourth-order valence-corrected chi connectivity index (χ4v) is 3.07. The van der Waals surface area contributed by atoms with E-state index in [-0.39, 0.29) is 5.91 Å². The largest absolute Gasteiger partial charge is 0.348 e. The summed E-state index contributed by atoms with van der Waals surface area (Å²) in [6.45, 7) is 1.99. The van der Waals surface area contributed by atoms with Crippen molar-refractivity contribution in [3.05, 3.63) is 41.4 Å². The fraction of sp³-hybridized carbons (Fsp3) is 0.267. The van der Waals surface area contributed by atoms with Gasteiger partial charge in [0.15, 0.2) is 0 Å². The van der Waals surface area contributed by atoms with Gasteiger partial charge in [-0.3, -0.25) is 4.79 Å². The second-order valence-electron chi connectivity index (χ2n) is 4.91. The Hall–Kier alpha value is -2.21. The highest BCUT2D eigenvalue weighted by atomic mass is 32.1. The Bertz CT molecular complexity index is 763. The highest BCUT2D eigenvalue weighted by Gasteiger charge is 2.12. The number of fused-ring (bicyclic) bond motifs is 1. The number of hydrogen-bond acceptors (Lipinski definition) is 4. The van der Waals surface area contributed by atoms with Crippen LogP contribution < -0.4 is 4.90 Å². The molecule has 0 spiro atoms. The molecule has 2 heterocycles. The number of aryl methyl sites for hydroxylation is 2. The van der Waals surface area contributed by atoms with E-state index >= 15 is 0 Å². The minimum absolute atomic E-state index is 0.0881. The van der Waals surface area contributed by atoms with Gasteiger partial charge in [0.25, 0.3) is 0 Å². The number of thiazole rings is 1. The molecule has 0 unspecified atom stereocenters. The van der Waals surface area contributed by atoms with Gasteiger partial charge >= 0.3 is 0 Å². The van der Waals surface area contributed by atoms with Crippen LogP contribution in [0.5, 0.6) is 0 Å². The van der Waals surface area contributed by atoms with Crippen LogP contribution in [0.4, 0.5) is 5.69 Å². The summed E-state index contributed by atoms with van der Waals surface area (Å²) >= 11 is 1.64. The summed E-state index contributed by atoms with van der Waals surface area (Å²) in [4.78, 5) is 25.4. The van der Waals surface area contributed by atoms with Crippen LogP contribution >= 0.6 is 11.3 Å². The molecule has 1 aromatic carbocycles. The Kier molecular flexibility index (Phi) is 3.70. The first-order valence-electron chi connectivity index (χ1n) is 6.74. The normalized spacial score (nSPS) is 11.0. The van der Waals surface area contributed by atoms with Crippen LogP contribution in [0.1, 0.15) is 17.1 Å². The van der Waals surface area contributed by atoms with E-state index in [0.29, 0.717) is 12.8 Å². The highest BCUT2D eigenvalue weighted by molar-refractivity contribution is 7.18. The van der Waals surface area contributed by atoms with Crippen molar-refractivity contribution < 1.29 is 4.79 Å². The molecule has 5 nitrogen and oxygen atoms in total. The molecule has 1 amide bonds. The molecule has 6 heteroatoms. The van der Waals surface area contributed by atoms with Crippen LogP contribution in [-0.4, -0.2) is 27.9 Å². The quantitative estimate of drug-likeness (QED) is 0.806. The monoisotopic (exact) mass is 300 g/mol. The molecular weight excluding hydrogens is 284 g/mol. The number of amides is 1. The van der Waals surface area contributed by atoms with Crippen molar-refractivity contribution in [3.8, 4) is 0 Å². The number of nitrogens with one attached hydrogen (secondary N) is 1. The number of carbonyl (C=O) groups excluding carboxylic acids is 1. The third-order valence-corrected chi connectivity index (χ3v) is 4.34.